The standard InChI is InChI=1S/C21H27N3O2/c1-2-21(23-22,16-17-6-4-3-5-7-17)20(25)18-8-10-19(11-9-18)24-12-14-26-15-13-24/h3-11,23H,2,12-16,22H2,1H3. The summed E-state index contributed by atoms with van der Waals surface area (Å²) in [6.07, 6.45) is 1.17. The third kappa shape index (κ3) is 3.96. The second kappa shape index (κ2) is 8.45. The zero-order valence-corrected chi connectivity index (χ0v) is 15.3. The maximum Gasteiger partial charge on any atom is 0.184 e. The maximum atomic E-state index is 13.2. The first-order valence-electron chi connectivity index (χ1n) is 9.18. The molecule has 0 aromatic heterocycles. The second-order valence-electron chi connectivity index (χ2n) is 6.72. The highest BCUT2D eigenvalue weighted by Crippen LogP contribution is 2.24. The van der Waals surface area contributed by atoms with E-state index in [0.717, 1.165) is 37.6 Å². The van der Waals surface area contributed by atoms with Crippen molar-refractivity contribution in [3.05, 3.63) is 65.7 Å². The lowest BCUT2D eigenvalue weighted by atomic mass is 9.82. The lowest BCUT2D eigenvalue weighted by molar-refractivity contribution is 0.0842. The van der Waals surface area contributed by atoms with Crippen LogP contribution in [0.4, 0.5) is 5.69 Å². The zero-order chi connectivity index (χ0) is 18.4. The molecular weight excluding hydrogens is 326 g/mol. The lowest BCUT2D eigenvalue weighted by Gasteiger charge is -2.31. The third-order valence-corrected chi connectivity index (χ3v) is 5.17. The molecule has 2 aromatic rings. The van der Waals surface area contributed by atoms with Crippen LogP contribution in [0.25, 0.3) is 0 Å². The van der Waals surface area contributed by atoms with E-state index < -0.39 is 5.54 Å². The molecule has 1 atom stereocenters. The fourth-order valence-corrected chi connectivity index (χ4v) is 3.45. The average molecular weight is 353 g/mol. The lowest BCUT2D eigenvalue weighted by Crippen LogP contribution is -2.56. The van der Waals surface area contributed by atoms with E-state index in [9.17, 15) is 4.79 Å². The van der Waals surface area contributed by atoms with E-state index in [2.05, 4.69) is 10.3 Å². The van der Waals surface area contributed by atoms with Crippen LogP contribution in [0.1, 0.15) is 29.3 Å². The first kappa shape index (κ1) is 18.6. The molecule has 5 heteroatoms. The highest BCUT2D eigenvalue weighted by atomic mass is 16.5. The van der Waals surface area contributed by atoms with Crippen molar-refractivity contribution in [1.29, 1.82) is 0 Å². The molecular formula is C21H27N3O2. The van der Waals surface area contributed by atoms with Gasteiger partial charge in [0.1, 0.15) is 0 Å². The van der Waals surface area contributed by atoms with Crippen molar-refractivity contribution in [2.75, 3.05) is 31.2 Å². The quantitative estimate of drug-likeness (QED) is 0.455. The van der Waals surface area contributed by atoms with Crippen LogP contribution in [0.3, 0.4) is 0 Å². The number of hydrogen-bond acceptors (Lipinski definition) is 5. The number of hydrogen-bond donors (Lipinski definition) is 2. The van der Waals surface area contributed by atoms with Gasteiger partial charge in [-0.1, -0.05) is 37.3 Å². The Bertz CT molecular complexity index is 706. The first-order valence-corrected chi connectivity index (χ1v) is 9.18. The number of nitrogens with one attached hydrogen (secondary N) is 1. The van der Waals surface area contributed by atoms with Crippen LogP contribution in [0, 0.1) is 0 Å². The Balaban J connectivity index is 1.80. The van der Waals surface area contributed by atoms with Crippen LogP contribution in [0.5, 0.6) is 0 Å². The van der Waals surface area contributed by atoms with Gasteiger partial charge in [0, 0.05) is 24.3 Å². The van der Waals surface area contributed by atoms with Gasteiger partial charge in [0.15, 0.2) is 5.78 Å². The summed E-state index contributed by atoms with van der Waals surface area (Å²) in [5, 5.41) is 0. The zero-order valence-electron chi connectivity index (χ0n) is 15.3. The summed E-state index contributed by atoms with van der Waals surface area (Å²) in [7, 11) is 0. The number of carbonyl (C=O) groups is 1. The molecule has 2 aromatic carbocycles. The van der Waals surface area contributed by atoms with Crippen LogP contribution >= 0.6 is 0 Å². The van der Waals surface area contributed by atoms with Gasteiger partial charge in [-0.25, -0.2) is 5.43 Å². The van der Waals surface area contributed by atoms with Gasteiger partial charge < -0.3 is 9.64 Å². The predicted octanol–water partition coefficient (Wildman–Crippen LogP) is 2.56. The molecule has 1 fully saturated rings. The van der Waals surface area contributed by atoms with Crippen LogP contribution in [-0.4, -0.2) is 37.6 Å². The molecule has 0 radical (unpaired) electrons. The highest BCUT2D eigenvalue weighted by molar-refractivity contribution is 6.03. The van der Waals surface area contributed by atoms with Crippen LogP contribution in [-0.2, 0) is 11.2 Å². The van der Waals surface area contributed by atoms with Gasteiger partial charge in [-0.2, -0.15) is 0 Å². The van der Waals surface area contributed by atoms with Gasteiger partial charge >= 0.3 is 0 Å². The number of carbonyl (C=O) groups excluding carboxylic acids is 1. The van der Waals surface area contributed by atoms with E-state index in [1.807, 2.05) is 61.5 Å². The predicted molar refractivity (Wildman–Crippen MR) is 104 cm³/mol. The molecule has 1 aliphatic rings. The average Bonchev–Trinajstić information content (AvgIpc) is 2.73. The molecule has 1 aliphatic heterocycles. The number of rotatable bonds is 7. The van der Waals surface area contributed by atoms with E-state index in [4.69, 9.17) is 10.6 Å². The third-order valence-electron chi connectivity index (χ3n) is 5.17. The molecule has 3 rings (SSSR count). The van der Waals surface area contributed by atoms with E-state index in [1.165, 1.54) is 0 Å². The fraction of sp³-hybridized carbons (Fsp3) is 0.381. The van der Waals surface area contributed by atoms with Crippen molar-refractivity contribution in [1.82, 2.24) is 5.43 Å². The SMILES string of the molecule is CCC(Cc1ccccc1)(NN)C(=O)c1ccc(N2CCOCC2)cc1. The molecule has 5 nitrogen and oxygen atoms in total. The van der Waals surface area contributed by atoms with Crippen molar-refractivity contribution in [2.45, 2.75) is 25.3 Å². The number of ether oxygens (including phenoxy) is 1. The van der Waals surface area contributed by atoms with Gasteiger partial charge in [-0.05, 0) is 42.7 Å². The van der Waals surface area contributed by atoms with Crippen molar-refractivity contribution in [2.24, 2.45) is 5.84 Å². The summed E-state index contributed by atoms with van der Waals surface area (Å²) in [5.74, 6) is 5.89. The minimum absolute atomic E-state index is 0.0277. The van der Waals surface area contributed by atoms with E-state index >= 15 is 0 Å². The Morgan fingerprint density at radius 2 is 1.77 bits per heavy atom. The molecule has 138 valence electrons. The minimum Gasteiger partial charge on any atom is -0.378 e. The molecule has 0 amide bonds. The number of morpholine rings is 1. The number of nitrogens with two attached hydrogens (primary N) is 1. The van der Waals surface area contributed by atoms with Gasteiger partial charge in [-0.3, -0.25) is 10.6 Å². The topological polar surface area (TPSA) is 67.6 Å². The molecule has 0 bridgehead atoms. The normalized spacial score (nSPS) is 16.9. The summed E-state index contributed by atoms with van der Waals surface area (Å²) in [6, 6.07) is 17.8. The molecule has 3 N–H and O–H groups in total. The fourth-order valence-electron chi connectivity index (χ4n) is 3.45. The Morgan fingerprint density at radius 1 is 1.12 bits per heavy atom. The number of hydrazine groups is 1. The molecule has 26 heavy (non-hydrogen) atoms. The molecule has 0 spiro atoms. The van der Waals surface area contributed by atoms with E-state index in [-0.39, 0.29) is 5.78 Å². The largest absolute Gasteiger partial charge is 0.378 e. The summed E-state index contributed by atoms with van der Waals surface area (Å²) < 4.78 is 5.40. The summed E-state index contributed by atoms with van der Waals surface area (Å²) in [6.45, 7) is 5.24. The van der Waals surface area contributed by atoms with Crippen LogP contribution < -0.4 is 16.2 Å². The van der Waals surface area contributed by atoms with Crippen LogP contribution in [0.2, 0.25) is 0 Å². The van der Waals surface area contributed by atoms with E-state index in [0.29, 0.717) is 18.4 Å². The molecule has 0 aliphatic carbocycles. The number of Topliss-reactive ketones (excluding diaryl/α,β-unsaturated/α-hetero) is 1. The van der Waals surface area contributed by atoms with Crippen molar-refractivity contribution >= 4 is 11.5 Å². The Hall–Kier alpha value is -2.21. The minimum atomic E-state index is -0.804. The smallest absolute Gasteiger partial charge is 0.184 e. The van der Waals surface area contributed by atoms with Crippen molar-refractivity contribution < 1.29 is 9.53 Å². The summed E-state index contributed by atoms with van der Waals surface area (Å²) in [5.41, 5.74) is 4.90. The first-order chi connectivity index (χ1) is 12.7. The summed E-state index contributed by atoms with van der Waals surface area (Å²) in [4.78, 5) is 15.5. The number of benzene rings is 2. The molecule has 1 saturated heterocycles. The Labute approximate surface area is 155 Å². The van der Waals surface area contributed by atoms with Gasteiger partial charge in [0.25, 0.3) is 0 Å². The second-order valence-corrected chi connectivity index (χ2v) is 6.72. The Morgan fingerprint density at radius 3 is 2.35 bits per heavy atom. The Kier molecular flexibility index (Phi) is 6.04. The van der Waals surface area contributed by atoms with Crippen molar-refractivity contribution in [3.63, 3.8) is 0 Å². The maximum absolute atomic E-state index is 13.2. The van der Waals surface area contributed by atoms with E-state index in [1.54, 1.807) is 0 Å². The van der Waals surface area contributed by atoms with Crippen LogP contribution in [0.15, 0.2) is 54.6 Å². The summed E-state index contributed by atoms with van der Waals surface area (Å²) >= 11 is 0. The molecule has 1 unspecified atom stereocenters. The highest BCUT2D eigenvalue weighted by Gasteiger charge is 2.36. The van der Waals surface area contributed by atoms with Gasteiger partial charge in [0.2, 0.25) is 0 Å². The molecule has 1 heterocycles. The van der Waals surface area contributed by atoms with Crippen molar-refractivity contribution in [3.8, 4) is 0 Å². The molecule has 0 saturated carbocycles. The monoisotopic (exact) mass is 353 g/mol. The number of ketones is 1. The van der Waals surface area contributed by atoms with Gasteiger partial charge in [-0.15, -0.1) is 0 Å². The number of nitrogens with zero attached hydrogens (tertiary/aromatic N) is 1. The van der Waals surface area contributed by atoms with Gasteiger partial charge in [0.05, 0.1) is 18.8 Å². The number of anilines is 1.